The Hall–Kier alpha value is -2.97. The predicted octanol–water partition coefficient (Wildman–Crippen LogP) is 4.83. The van der Waals surface area contributed by atoms with Gasteiger partial charge in [0.25, 0.3) is 17.5 Å². The first-order chi connectivity index (χ1) is 15.4. The fraction of sp³-hybridized carbons (Fsp3) is 0.391. The molecule has 2 atom stereocenters. The monoisotopic (exact) mass is 459 g/mol. The van der Waals surface area contributed by atoms with E-state index in [0.717, 1.165) is 12.5 Å². The highest BCUT2D eigenvalue weighted by Gasteiger charge is 2.22. The fourth-order valence-corrected chi connectivity index (χ4v) is 4.04. The molecule has 8 nitrogen and oxygen atoms in total. The van der Waals surface area contributed by atoms with Crippen molar-refractivity contribution in [2.24, 2.45) is 5.92 Å². The Morgan fingerprint density at radius 1 is 1.12 bits per heavy atom. The molecule has 0 saturated heterocycles. The zero-order valence-electron chi connectivity index (χ0n) is 17.8. The second kappa shape index (κ2) is 11.1. The van der Waals surface area contributed by atoms with Gasteiger partial charge in [-0.15, -0.1) is 0 Å². The molecule has 0 radical (unpaired) electrons. The largest absolute Gasteiger partial charge is 0.376 e. The SMILES string of the molecule is CC1CCCCC1OCCNC(=O)c1ccccc1NC(=O)c1ccc([N+](=O)[O-])cc1Cl. The number of nitro benzene ring substituents is 1. The van der Waals surface area contributed by atoms with Gasteiger partial charge >= 0.3 is 0 Å². The standard InChI is InChI=1S/C23H26ClN3O5/c1-15-6-2-5-9-21(15)32-13-12-25-22(28)18-7-3-4-8-20(18)26-23(29)17-11-10-16(27(30)31)14-19(17)24/h3-4,7-8,10-11,14-15,21H,2,5-6,9,12-13H2,1H3,(H,25,28)(H,26,29). The number of halogens is 1. The van der Waals surface area contributed by atoms with Gasteiger partial charge in [-0.1, -0.05) is 43.5 Å². The average molecular weight is 460 g/mol. The van der Waals surface area contributed by atoms with Gasteiger partial charge in [0.15, 0.2) is 0 Å². The van der Waals surface area contributed by atoms with E-state index in [0.29, 0.717) is 30.3 Å². The van der Waals surface area contributed by atoms with Crippen molar-refractivity contribution >= 4 is 34.8 Å². The lowest BCUT2D eigenvalue weighted by Crippen LogP contribution is -2.32. The van der Waals surface area contributed by atoms with Crippen LogP contribution in [0.2, 0.25) is 5.02 Å². The van der Waals surface area contributed by atoms with Gasteiger partial charge in [0, 0.05) is 18.7 Å². The summed E-state index contributed by atoms with van der Waals surface area (Å²) < 4.78 is 5.93. The lowest BCUT2D eigenvalue weighted by atomic mass is 9.88. The molecule has 2 unspecified atom stereocenters. The summed E-state index contributed by atoms with van der Waals surface area (Å²) in [7, 11) is 0. The fourth-order valence-electron chi connectivity index (χ4n) is 3.78. The predicted molar refractivity (Wildman–Crippen MR) is 122 cm³/mol. The van der Waals surface area contributed by atoms with Crippen LogP contribution >= 0.6 is 11.6 Å². The maximum absolute atomic E-state index is 12.7. The highest BCUT2D eigenvalue weighted by molar-refractivity contribution is 6.34. The molecule has 0 aromatic heterocycles. The molecule has 0 spiro atoms. The van der Waals surface area contributed by atoms with Crippen LogP contribution in [0.4, 0.5) is 11.4 Å². The number of nitrogens with one attached hydrogen (secondary N) is 2. The average Bonchev–Trinajstić information content (AvgIpc) is 2.77. The van der Waals surface area contributed by atoms with Crippen LogP contribution < -0.4 is 10.6 Å². The summed E-state index contributed by atoms with van der Waals surface area (Å²) in [6.07, 6.45) is 4.87. The third-order valence-corrected chi connectivity index (χ3v) is 5.89. The van der Waals surface area contributed by atoms with Crippen molar-refractivity contribution in [2.75, 3.05) is 18.5 Å². The van der Waals surface area contributed by atoms with E-state index in [4.69, 9.17) is 16.3 Å². The molecule has 2 aromatic carbocycles. The van der Waals surface area contributed by atoms with Gasteiger partial charge in [0.2, 0.25) is 0 Å². The highest BCUT2D eigenvalue weighted by Crippen LogP contribution is 2.26. The quantitative estimate of drug-likeness (QED) is 0.334. The van der Waals surface area contributed by atoms with E-state index in [1.165, 1.54) is 31.4 Å². The highest BCUT2D eigenvalue weighted by atomic mass is 35.5. The summed E-state index contributed by atoms with van der Waals surface area (Å²) in [5, 5.41) is 16.3. The molecule has 9 heteroatoms. The van der Waals surface area contributed by atoms with Crippen LogP contribution in [0.25, 0.3) is 0 Å². The van der Waals surface area contributed by atoms with Crippen LogP contribution in [0, 0.1) is 16.0 Å². The molecule has 3 rings (SSSR count). The number of hydrogen-bond acceptors (Lipinski definition) is 5. The lowest BCUT2D eigenvalue weighted by molar-refractivity contribution is -0.384. The molecule has 32 heavy (non-hydrogen) atoms. The summed E-state index contributed by atoms with van der Waals surface area (Å²) >= 11 is 6.04. The number of hydrogen-bond donors (Lipinski definition) is 2. The van der Waals surface area contributed by atoms with Crippen LogP contribution in [0.5, 0.6) is 0 Å². The molecule has 0 aliphatic heterocycles. The number of anilines is 1. The summed E-state index contributed by atoms with van der Waals surface area (Å²) in [6, 6.07) is 10.2. The number of amides is 2. The Bertz CT molecular complexity index is 997. The molecule has 1 saturated carbocycles. The van der Waals surface area contributed by atoms with Crippen LogP contribution in [0.3, 0.4) is 0 Å². The van der Waals surface area contributed by atoms with Crippen LogP contribution in [-0.2, 0) is 4.74 Å². The lowest BCUT2D eigenvalue weighted by Gasteiger charge is -2.28. The zero-order chi connectivity index (χ0) is 23.1. The van der Waals surface area contributed by atoms with Gasteiger partial charge in [-0.3, -0.25) is 19.7 Å². The van der Waals surface area contributed by atoms with Crippen molar-refractivity contribution in [1.82, 2.24) is 5.32 Å². The number of carbonyl (C=O) groups excluding carboxylic acids is 2. The maximum atomic E-state index is 12.7. The Morgan fingerprint density at radius 2 is 1.88 bits per heavy atom. The van der Waals surface area contributed by atoms with E-state index >= 15 is 0 Å². The number of rotatable bonds is 8. The molecule has 1 aliphatic carbocycles. The van der Waals surface area contributed by atoms with Gasteiger partial charge in [0.05, 0.1) is 39.5 Å². The van der Waals surface area contributed by atoms with Gasteiger partial charge in [-0.05, 0) is 37.0 Å². The Labute approximate surface area is 191 Å². The third kappa shape index (κ3) is 6.05. The van der Waals surface area contributed by atoms with E-state index in [9.17, 15) is 19.7 Å². The van der Waals surface area contributed by atoms with Crippen molar-refractivity contribution in [2.45, 2.75) is 38.7 Å². The second-order valence-corrected chi connectivity index (χ2v) is 8.26. The van der Waals surface area contributed by atoms with Crippen LogP contribution in [0.1, 0.15) is 53.3 Å². The van der Waals surface area contributed by atoms with E-state index in [2.05, 4.69) is 17.6 Å². The normalized spacial score (nSPS) is 18.1. The van der Waals surface area contributed by atoms with Crippen LogP contribution in [0.15, 0.2) is 42.5 Å². The van der Waals surface area contributed by atoms with E-state index in [-0.39, 0.29) is 28.3 Å². The number of nitrogens with zero attached hydrogens (tertiary/aromatic N) is 1. The van der Waals surface area contributed by atoms with Crippen molar-refractivity contribution in [3.05, 3.63) is 68.7 Å². The molecule has 170 valence electrons. The Kier molecular flexibility index (Phi) is 8.19. The molecule has 2 amide bonds. The molecule has 1 aliphatic rings. The summed E-state index contributed by atoms with van der Waals surface area (Å²) in [4.78, 5) is 35.6. The number of carbonyl (C=O) groups is 2. The smallest absolute Gasteiger partial charge is 0.270 e. The maximum Gasteiger partial charge on any atom is 0.270 e. The van der Waals surface area contributed by atoms with E-state index in [1.54, 1.807) is 24.3 Å². The Balaban J connectivity index is 1.59. The summed E-state index contributed by atoms with van der Waals surface area (Å²) in [5.41, 5.74) is 0.467. The molecular weight excluding hydrogens is 434 g/mol. The van der Waals surface area contributed by atoms with E-state index in [1.807, 2.05) is 0 Å². The molecule has 1 fully saturated rings. The number of non-ortho nitro benzene ring substituents is 1. The zero-order valence-corrected chi connectivity index (χ0v) is 18.6. The number of para-hydroxylation sites is 1. The van der Waals surface area contributed by atoms with Gasteiger partial charge in [-0.25, -0.2) is 0 Å². The number of benzene rings is 2. The third-order valence-electron chi connectivity index (χ3n) is 5.58. The first-order valence-electron chi connectivity index (χ1n) is 10.6. The summed E-state index contributed by atoms with van der Waals surface area (Å²) in [6.45, 7) is 2.98. The van der Waals surface area contributed by atoms with Crippen molar-refractivity contribution in [1.29, 1.82) is 0 Å². The molecule has 2 N–H and O–H groups in total. The molecule has 0 heterocycles. The van der Waals surface area contributed by atoms with Gasteiger partial charge in [-0.2, -0.15) is 0 Å². The number of nitro groups is 1. The van der Waals surface area contributed by atoms with Gasteiger partial charge < -0.3 is 15.4 Å². The van der Waals surface area contributed by atoms with Crippen molar-refractivity contribution < 1.29 is 19.2 Å². The minimum atomic E-state index is -0.591. The second-order valence-electron chi connectivity index (χ2n) is 7.85. The minimum absolute atomic E-state index is 0.0484. The molecule has 0 bridgehead atoms. The van der Waals surface area contributed by atoms with Crippen molar-refractivity contribution in [3.63, 3.8) is 0 Å². The van der Waals surface area contributed by atoms with E-state index < -0.39 is 10.8 Å². The Morgan fingerprint density at radius 3 is 2.59 bits per heavy atom. The summed E-state index contributed by atoms with van der Waals surface area (Å²) in [5.74, 6) is -0.377. The minimum Gasteiger partial charge on any atom is -0.376 e. The topological polar surface area (TPSA) is 111 Å². The van der Waals surface area contributed by atoms with Gasteiger partial charge in [0.1, 0.15) is 0 Å². The first kappa shape index (κ1) is 23.7. The van der Waals surface area contributed by atoms with Crippen LogP contribution in [-0.4, -0.2) is 36.0 Å². The number of ether oxygens (including phenoxy) is 1. The molecular formula is C23H26ClN3O5. The molecule has 2 aromatic rings. The first-order valence-corrected chi connectivity index (χ1v) is 11.0. The van der Waals surface area contributed by atoms with Crippen molar-refractivity contribution in [3.8, 4) is 0 Å².